The maximum absolute atomic E-state index is 11.7. The number of aromatic nitrogens is 3. The summed E-state index contributed by atoms with van der Waals surface area (Å²) in [6.45, 7) is 8.63. The van der Waals surface area contributed by atoms with Crippen molar-refractivity contribution in [3.05, 3.63) is 36.0 Å². The molecule has 0 aliphatic carbocycles. The Morgan fingerprint density at radius 3 is 2.62 bits per heavy atom. The van der Waals surface area contributed by atoms with Gasteiger partial charge < -0.3 is 20.1 Å². The number of urea groups is 1. The Labute approximate surface area is 174 Å². The van der Waals surface area contributed by atoms with Gasteiger partial charge in [0.1, 0.15) is 5.69 Å². The summed E-state index contributed by atoms with van der Waals surface area (Å²) in [4.78, 5) is 36.6. The Bertz CT molecular complexity index is 872. The third-order valence-corrected chi connectivity index (χ3v) is 4.81. The molecule has 10 heteroatoms. The molecule has 0 unspecified atom stereocenters. The van der Waals surface area contributed by atoms with Gasteiger partial charge in [0, 0.05) is 50.2 Å². The van der Waals surface area contributed by atoms with Crippen molar-refractivity contribution < 1.29 is 13.9 Å². The average Bonchev–Trinajstić information content (AvgIpc) is 3.14. The fourth-order valence-electron chi connectivity index (χ4n) is 3.33. The van der Waals surface area contributed by atoms with Crippen molar-refractivity contribution in [1.82, 2.24) is 30.1 Å². The standard InChI is InChI=1S/C19H28N8O2.3H2/c1-4-21-19(29)24-17-11-26(12-22-17)13-25-7-9-27(10-8-25)16-6-5-15(18(28)20-3)23-14(16)2;;;/h5-6,11-12H,4,7-10,13H2,1-3H3,(H,20,28)(H2,21,24,29);3*1H. The first-order valence-electron chi connectivity index (χ1n) is 9.73. The molecule has 0 bridgehead atoms. The van der Waals surface area contributed by atoms with Gasteiger partial charge in [-0.2, -0.15) is 0 Å². The molecule has 29 heavy (non-hydrogen) atoms. The molecule has 2 aromatic rings. The lowest BCUT2D eigenvalue weighted by Crippen LogP contribution is -2.47. The van der Waals surface area contributed by atoms with Gasteiger partial charge in [-0.1, -0.05) is 0 Å². The van der Waals surface area contributed by atoms with Gasteiger partial charge in [-0.15, -0.1) is 0 Å². The summed E-state index contributed by atoms with van der Waals surface area (Å²) in [6.07, 6.45) is 3.55. The van der Waals surface area contributed by atoms with Crippen LogP contribution in [0.3, 0.4) is 0 Å². The Morgan fingerprint density at radius 1 is 1.21 bits per heavy atom. The molecule has 2 aromatic heterocycles. The van der Waals surface area contributed by atoms with Crippen molar-refractivity contribution in [2.75, 3.05) is 50.0 Å². The van der Waals surface area contributed by atoms with Gasteiger partial charge in [0.25, 0.3) is 5.91 Å². The van der Waals surface area contributed by atoms with E-state index in [1.165, 1.54) is 0 Å². The minimum absolute atomic E-state index is 0. The van der Waals surface area contributed by atoms with Crippen LogP contribution in [-0.2, 0) is 6.67 Å². The Balaban J connectivity index is 0.00000320. The topological polar surface area (TPSA) is 107 Å². The van der Waals surface area contributed by atoms with E-state index in [-0.39, 0.29) is 16.2 Å². The van der Waals surface area contributed by atoms with E-state index in [9.17, 15) is 9.59 Å². The van der Waals surface area contributed by atoms with Crippen LogP contribution < -0.4 is 20.9 Å². The van der Waals surface area contributed by atoms with Crippen molar-refractivity contribution in [3.63, 3.8) is 0 Å². The summed E-state index contributed by atoms with van der Waals surface area (Å²) in [5, 5.41) is 7.99. The molecule has 0 radical (unpaired) electrons. The number of carbonyl (C=O) groups is 2. The van der Waals surface area contributed by atoms with Crippen molar-refractivity contribution >= 4 is 23.4 Å². The molecule has 3 heterocycles. The molecule has 1 aliphatic rings. The fourth-order valence-corrected chi connectivity index (χ4v) is 3.33. The van der Waals surface area contributed by atoms with Crippen LogP contribution in [0.2, 0.25) is 0 Å². The van der Waals surface area contributed by atoms with E-state index in [1.807, 2.05) is 30.7 Å². The van der Waals surface area contributed by atoms with E-state index >= 15 is 0 Å². The molecule has 0 aromatic carbocycles. The van der Waals surface area contributed by atoms with Crippen molar-refractivity contribution in [1.29, 1.82) is 0 Å². The van der Waals surface area contributed by atoms with Crippen LogP contribution in [-0.4, -0.2) is 71.1 Å². The largest absolute Gasteiger partial charge is 0.368 e. The zero-order valence-electron chi connectivity index (χ0n) is 17.1. The summed E-state index contributed by atoms with van der Waals surface area (Å²) < 4.78 is 1.96. The van der Waals surface area contributed by atoms with Gasteiger partial charge in [0.05, 0.1) is 24.4 Å². The smallest absolute Gasteiger partial charge is 0.320 e. The fraction of sp³-hybridized carbons (Fsp3) is 0.474. The number of aryl methyl sites for hydroxylation is 1. The lowest BCUT2D eigenvalue weighted by atomic mass is 10.2. The van der Waals surface area contributed by atoms with Gasteiger partial charge in [-0.25, -0.2) is 14.8 Å². The van der Waals surface area contributed by atoms with Gasteiger partial charge in [-0.05, 0) is 26.0 Å². The van der Waals surface area contributed by atoms with Gasteiger partial charge >= 0.3 is 6.03 Å². The summed E-state index contributed by atoms with van der Waals surface area (Å²) in [5.41, 5.74) is 2.35. The maximum atomic E-state index is 11.7. The number of nitrogens with zero attached hydrogens (tertiary/aromatic N) is 5. The second kappa shape index (κ2) is 9.37. The highest BCUT2D eigenvalue weighted by atomic mass is 16.2. The molecule has 0 spiro atoms. The molecule has 0 atom stereocenters. The van der Waals surface area contributed by atoms with E-state index in [0.717, 1.165) is 37.6 Å². The maximum Gasteiger partial charge on any atom is 0.320 e. The number of amides is 3. The lowest BCUT2D eigenvalue weighted by molar-refractivity contribution is 0.0958. The van der Waals surface area contributed by atoms with Crippen LogP contribution in [0.5, 0.6) is 0 Å². The van der Waals surface area contributed by atoms with Crippen LogP contribution in [0, 0.1) is 6.92 Å². The van der Waals surface area contributed by atoms with Gasteiger partial charge in [0.2, 0.25) is 0 Å². The highest BCUT2D eigenvalue weighted by Crippen LogP contribution is 2.20. The summed E-state index contributed by atoms with van der Waals surface area (Å²) in [6, 6.07) is 3.48. The Hall–Kier alpha value is -3.14. The van der Waals surface area contributed by atoms with E-state index in [4.69, 9.17) is 0 Å². The summed E-state index contributed by atoms with van der Waals surface area (Å²) in [7, 11) is 1.60. The van der Waals surface area contributed by atoms with E-state index in [0.29, 0.717) is 24.7 Å². The number of carbonyl (C=O) groups excluding carboxylic acids is 2. The first kappa shape index (κ1) is 20.6. The SMILES string of the molecule is CCNC(=O)Nc1cn(CN2CCN(c3ccc(C(=O)NC)nc3C)CC2)cn1.[HH].[HH].[HH]. The molecular weight excluding hydrogens is 372 g/mol. The monoisotopic (exact) mass is 406 g/mol. The van der Waals surface area contributed by atoms with Crippen LogP contribution in [0.15, 0.2) is 24.7 Å². The van der Waals surface area contributed by atoms with E-state index < -0.39 is 0 Å². The number of nitrogens with one attached hydrogen (secondary N) is 3. The molecule has 162 valence electrons. The first-order valence-corrected chi connectivity index (χ1v) is 9.73. The third-order valence-electron chi connectivity index (χ3n) is 4.81. The number of piperazine rings is 1. The van der Waals surface area contributed by atoms with Crippen molar-refractivity contribution in [2.45, 2.75) is 20.5 Å². The van der Waals surface area contributed by atoms with Crippen LogP contribution in [0.4, 0.5) is 16.3 Å². The van der Waals surface area contributed by atoms with E-state index in [1.54, 1.807) is 19.4 Å². The highest BCUT2D eigenvalue weighted by Gasteiger charge is 2.20. The van der Waals surface area contributed by atoms with Gasteiger partial charge in [0.15, 0.2) is 5.82 Å². The Morgan fingerprint density at radius 2 is 1.97 bits per heavy atom. The van der Waals surface area contributed by atoms with Crippen molar-refractivity contribution in [2.24, 2.45) is 0 Å². The number of hydrogen-bond acceptors (Lipinski definition) is 6. The average molecular weight is 407 g/mol. The van der Waals surface area contributed by atoms with Crippen molar-refractivity contribution in [3.8, 4) is 0 Å². The van der Waals surface area contributed by atoms with Gasteiger partial charge in [-0.3, -0.25) is 15.0 Å². The summed E-state index contributed by atoms with van der Waals surface area (Å²) >= 11 is 0. The number of anilines is 2. The molecule has 3 amide bonds. The zero-order chi connectivity index (χ0) is 20.8. The molecule has 1 aliphatic heterocycles. The molecule has 10 nitrogen and oxygen atoms in total. The molecule has 0 saturated carbocycles. The van der Waals surface area contributed by atoms with E-state index in [2.05, 4.69) is 35.7 Å². The third kappa shape index (κ3) is 5.23. The Kier molecular flexibility index (Phi) is 6.65. The number of imidazole rings is 1. The normalized spacial score (nSPS) is 14.5. The van der Waals surface area contributed by atoms with Crippen LogP contribution in [0.25, 0.3) is 0 Å². The number of rotatable bonds is 6. The van der Waals surface area contributed by atoms with Crippen LogP contribution >= 0.6 is 0 Å². The number of hydrogen-bond donors (Lipinski definition) is 3. The predicted octanol–water partition coefficient (Wildman–Crippen LogP) is 1.61. The predicted molar refractivity (Wildman–Crippen MR) is 117 cm³/mol. The minimum Gasteiger partial charge on any atom is -0.368 e. The quantitative estimate of drug-likeness (QED) is 0.673. The molecule has 3 N–H and O–H groups in total. The molecular formula is C19H34N8O2. The number of pyridine rings is 1. The second-order valence-corrected chi connectivity index (χ2v) is 6.88. The minimum atomic E-state index is -0.252. The first-order chi connectivity index (χ1) is 14.0. The second-order valence-electron chi connectivity index (χ2n) is 6.88. The zero-order valence-corrected chi connectivity index (χ0v) is 17.1. The molecule has 1 fully saturated rings. The molecule has 3 rings (SSSR count). The van der Waals surface area contributed by atoms with Crippen LogP contribution in [0.1, 0.15) is 27.4 Å². The summed E-state index contributed by atoms with van der Waals surface area (Å²) in [5.74, 6) is 0.360. The lowest BCUT2D eigenvalue weighted by Gasteiger charge is -2.36. The highest BCUT2D eigenvalue weighted by molar-refractivity contribution is 5.92. The molecule has 1 saturated heterocycles.